The number of benzene rings is 2. The van der Waals surface area contributed by atoms with E-state index in [1.807, 2.05) is 35.2 Å². The summed E-state index contributed by atoms with van der Waals surface area (Å²) in [7, 11) is -3.71. The van der Waals surface area contributed by atoms with E-state index in [9.17, 15) is 13.2 Å². The number of nitrogens with zero attached hydrogens (tertiary/aromatic N) is 3. The summed E-state index contributed by atoms with van der Waals surface area (Å²) >= 11 is 13.2. The third-order valence-corrected chi connectivity index (χ3v) is 9.67. The van der Waals surface area contributed by atoms with Gasteiger partial charge in [0.25, 0.3) is 10.0 Å². The Bertz CT molecular complexity index is 1470. The van der Waals surface area contributed by atoms with E-state index in [-0.39, 0.29) is 10.8 Å². The molecule has 0 spiro atoms. The second-order valence-electron chi connectivity index (χ2n) is 7.95. The van der Waals surface area contributed by atoms with Crippen molar-refractivity contribution in [3.05, 3.63) is 70.3 Å². The molecule has 1 aliphatic heterocycles. The molecule has 0 radical (unpaired) electrons. The zero-order valence-electron chi connectivity index (χ0n) is 17.3. The summed E-state index contributed by atoms with van der Waals surface area (Å²) in [4.78, 5) is 18.2. The lowest BCUT2D eigenvalue weighted by Gasteiger charge is -2.38. The molecule has 0 N–H and O–H groups in total. The van der Waals surface area contributed by atoms with E-state index < -0.39 is 16.1 Å². The average molecular weight is 520 g/mol. The number of carbonyl (C=O) groups excluding carboxylic acids is 1. The Hall–Kier alpha value is -2.07. The Morgan fingerprint density at radius 2 is 1.85 bits per heavy atom. The monoisotopic (exact) mass is 519 g/mol. The van der Waals surface area contributed by atoms with Crippen LogP contribution in [0.5, 0.6) is 0 Å². The van der Waals surface area contributed by atoms with Gasteiger partial charge in [-0.05, 0) is 53.4 Å². The van der Waals surface area contributed by atoms with Crippen molar-refractivity contribution >= 4 is 71.8 Å². The smallest absolute Gasteiger partial charge is 0.252 e. The minimum absolute atomic E-state index is 0.117. The number of carbonyl (C=O) groups is 1. The van der Waals surface area contributed by atoms with Crippen LogP contribution in [-0.4, -0.2) is 54.6 Å². The molecule has 6 nitrogen and oxygen atoms in total. The van der Waals surface area contributed by atoms with Gasteiger partial charge in [0, 0.05) is 41.3 Å². The number of pyridine rings is 1. The van der Waals surface area contributed by atoms with Gasteiger partial charge in [0.2, 0.25) is 0 Å². The molecule has 1 fully saturated rings. The second kappa shape index (κ2) is 8.94. The van der Waals surface area contributed by atoms with Crippen LogP contribution in [0.4, 0.5) is 0 Å². The van der Waals surface area contributed by atoms with Crippen molar-refractivity contribution in [2.75, 3.05) is 19.6 Å². The molecule has 0 saturated carbocycles. The van der Waals surface area contributed by atoms with E-state index in [1.54, 1.807) is 24.3 Å². The van der Waals surface area contributed by atoms with E-state index in [1.165, 1.54) is 15.6 Å². The molecule has 0 aliphatic carbocycles. The highest BCUT2D eigenvalue weighted by Crippen LogP contribution is 2.33. The summed E-state index contributed by atoms with van der Waals surface area (Å²) in [5, 5.41) is 2.80. The summed E-state index contributed by atoms with van der Waals surface area (Å²) in [5.41, 5.74) is 1.83. The SMILES string of the molecule is O=CC1CN(S(=O)(=O)c2cc3ccc(Cl)cc3s2)CCN1Cc1ccc2nc(Cl)ccc2c1. The van der Waals surface area contributed by atoms with Crippen LogP contribution in [0.25, 0.3) is 21.0 Å². The van der Waals surface area contributed by atoms with E-state index in [0.29, 0.717) is 29.8 Å². The molecular formula is C23H19Cl2N3O3S2. The average Bonchev–Trinajstić information content (AvgIpc) is 3.23. The van der Waals surface area contributed by atoms with Gasteiger partial charge in [-0.3, -0.25) is 4.90 Å². The molecule has 0 amide bonds. The van der Waals surface area contributed by atoms with Crippen molar-refractivity contribution in [2.24, 2.45) is 0 Å². The van der Waals surface area contributed by atoms with Gasteiger partial charge < -0.3 is 4.79 Å². The molecule has 1 saturated heterocycles. The Labute approximate surface area is 205 Å². The summed E-state index contributed by atoms with van der Waals surface area (Å²) in [6.45, 7) is 1.42. The van der Waals surface area contributed by atoms with Crippen LogP contribution >= 0.6 is 34.5 Å². The fourth-order valence-electron chi connectivity index (χ4n) is 4.08. The lowest BCUT2D eigenvalue weighted by molar-refractivity contribution is -0.114. The van der Waals surface area contributed by atoms with Crippen LogP contribution in [0.3, 0.4) is 0 Å². The molecule has 1 aliphatic rings. The third kappa shape index (κ3) is 4.51. The number of hydrogen-bond donors (Lipinski definition) is 0. The number of aromatic nitrogens is 1. The number of hydrogen-bond acceptors (Lipinski definition) is 6. The fourth-order valence-corrected chi connectivity index (χ4v) is 7.52. The molecule has 2 aromatic heterocycles. The van der Waals surface area contributed by atoms with Crippen molar-refractivity contribution in [1.29, 1.82) is 0 Å². The van der Waals surface area contributed by atoms with Gasteiger partial charge in [-0.25, -0.2) is 13.4 Å². The van der Waals surface area contributed by atoms with E-state index >= 15 is 0 Å². The highest BCUT2D eigenvalue weighted by molar-refractivity contribution is 7.91. The second-order valence-corrected chi connectivity index (χ2v) is 12.0. The molecule has 170 valence electrons. The van der Waals surface area contributed by atoms with Crippen molar-refractivity contribution in [3.8, 4) is 0 Å². The maximum absolute atomic E-state index is 13.3. The fraction of sp³-hybridized carbons (Fsp3) is 0.217. The number of rotatable bonds is 5. The topological polar surface area (TPSA) is 70.6 Å². The van der Waals surface area contributed by atoms with Gasteiger partial charge >= 0.3 is 0 Å². The first-order valence-electron chi connectivity index (χ1n) is 10.3. The van der Waals surface area contributed by atoms with Gasteiger partial charge in [-0.1, -0.05) is 35.3 Å². The predicted molar refractivity (Wildman–Crippen MR) is 133 cm³/mol. The lowest BCUT2D eigenvalue weighted by atomic mass is 10.1. The normalized spacial score (nSPS) is 18.2. The van der Waals surface area contributed by atoms with Crippen LogP contribution in [0.2, 0.25) is 10.2 Å². The first-order valence-corrected chi connectivity index (χ1v) is 13.3. The van der Waals surface area contributed by atoms with Crippen LogP contribution < -0.4 is 0 Å². The first-order chi connectivity index (χ1) is 15.8. The maximum Gasteiger partial charge on any atom is 0.252 e. The van der Waals surface area contributed by atoms with E-state index in [0.717, 1.165) is 32.8 Å². The Kier molecular flexibility index (Phi) is 6.15. The van der Waals surface area contributed by atoms with Gasteiger partial charge in [-0.15, -0.1) is 11.3 Å². The molecule has 1 atom stereocenters. The molecule has 3 heterocycles. The molecule has 4 aromatic rings. The Morgan fingerprint density at radius 3 is 2.67 bits per heavy atom. The van der Waals surface area contributed by atoms with Crippen molar-refractivity contribution in [2.45, 2.75) is 16.8 Å². The summed E-state index contributed by atoms with van der Waals surface area (Å²) in [6.07, 6.45) is 0.828. The zero-order chi connectivity index (χ0) is 23.2. The lowest BCUT2D eigenvalue weighted by Crippen LogP contribution is -2.54. The quantitative estimate of drug-likeness (QED) is 0.279. The standard InChI is InChI=1S/C23H19Cl2N3O3S2/c24-18-4-2-17-10-23(32-21(17)11-18)33(30,31)28-8-7-27(19(13-28)14-29)12-15-1-5-20-16(9-15)3-6-22(25)26-20/h1-6,9-11,14,19H,7-8,12-13H2. The Balaban J connectivity index is 1.34. The minimum Gasteiger partial charge on any atom is -0.302 e. The zero-order valence-corrected chi connectivity index (χ0v) is 20.5. The minimum atomic E-state index is -3.71. The molecular weight excluding hydrogens is 501 g/mol. The molecule has 10 heteroatoms. The summed E-state index contributed by atoms with van der Waals surface area (Å²) in [5.74, 6) is 0. The molecule has 1 unspecified atom stereocenters. The van der Waals surface area contributed by atoms with Gasteiger partial charge in [0.05, 0.1) is 11.6 Å². The largest absolute Gasteiger partial charge is 0.302 e. The van der Waals surface area contributed by atoms with Crippen molar-refractivity contribution in [3.63, 3.8) is 0 Å². The van der Waals surface area contributed by atoms with Crippen molar-refractivity contribution in [1.82, 2.24) is 14.2 Å². The molecule has 0 bridgehead atoms. The van der Waals surface area contributed by atoms with Crippen LogP contribution in [0.15, 0.2) is 58.8 Å². The third-order valence-electron chi connectivity index (χ3n) is 5.81. The number of sulfonamides is 1. The molecule has 2 aromatic carbocycles. The van der Waals surface area contributed by atoms with E-state index in [2.05, 4.69) is 4.98 Å². The van der Waals surface area contributed by atoms with Gasteiger partial charge in [0.15, 0.2) is 0 Å². The van der Waals surface area contributed by atoms with Crippen molar-refractivity contribution < 1.29 is 13.2 Å². The highest BCUT2D eigenvalue weighted by Gasteiger charge is 2.35. The summed E-state index contributed by atoms with van der Waals surface area (Å²) < 4.78 is 29.1. The van der Waals surface area contributed by atoms with Gasteiger partial charge in [0.1, 0.15) is 15.6 Å². The number of halogens is 2. The number of aldehydes is 1. The number of piperazine rings is 1. The van der Waals surface area contributed by atoms with Crippen LogP contribution in [0.1, 0.15) is 5.56 Å². The Morgan fingerprint density at radius 1 is 1.03 bits per heavy atom. The number of thiophene rings is 1. The first kappa shape index (κ1) is 22.7. The molecule has 5 rings (SSSR count). The highest BCUT2D eigenvalue weighted by atomic mass is 35.5. The predicted octanol–water partition coefficient (Wildman–Crippen LogP) is 4.83. The maximum atomic E-state index is 13.3. The van der Waals surface area contributed by atoms with E-state index in [4.69, 9.17) is 23.2 Å². The number of fused-ring (bicyclic) bond motifs is 2. The van der Waals surface area contributed by atoms with Crippen LogP contribution in [0, 0.1) is 0 Å². The molecule has 33 heavy (non-hydrogen) atoms. The van der Waals surface area contributed by atoms with Gasteiger partial charge in [-0.2, -0.15) is 4.31 Å². The summed E-state index contributed by atoms with van der Waals surface area (Å²) in [6, 6.07) is 16.0. The van der Waals surface area contributed by atoms with Crippen LogP contribution in [-0.2, 0) is 21.4 Å².